The maximum absolute atomic E-state index is 11.7. The van der Waals surface area contributed by atoms with Crippen LogP contribution in [-0.2, 0) is 14.3 Å². The Bertz CT molecular complexity index is 345. The van der Waals surface area contributed by atoms with Crippen molar-refractivity contribution in [1.29, 1.82) is 0 Å². The van der Waals surface area contributed by atoms with E-state index in [9.17, 15) is 14.4 Å². The van der Waals surface area contributed by atoms with Gasteiger partial charge in [0.05, 0.1) is 13.7 Å². The standard InChI is InChI=1S/C10H16N2O6/c1-18-9(16)6-3-2-4-12(6)10(17)11-5-7(13)8(14)15/h6-7,13H,2-5H2,1H3,(H,11,17)(H,14,15)/t6?,7-/m0/s1. The fraction of sp³-hybridized carbons (Fsp3) is 0.700. The summed E-state index contributed by atoms with van der Waals surface area (Å²) in [6, 6.07) is -1.22. The van der Waals surface area contributed by atoms with Crippen LogP contribution in [0.2, 0.25) is 0 Å². The largest absolute Gasteiger partial charge is 0.479 e. The number of aliphatic carboxylic acids is 1. The van der Waals surface area contributed by atoms with E-state index in [1.54, 1.807) is 0 Å². The average Bonchev–Trinajstić information content (AvgIpc) is 2.83. The topological polar surface area (TPSA) is 116 Å². The molecule has 1 saturated heterocycles. The lowest BCUT2D eigenvalue weighted by Gasteiger charge is -2.23. The van der Waals surface area contributed by atoms with Gasteiger partial charge in [-0.15, -0.1) is 0 Å². The number of rotatable bonds is 4. The van der Waals surface area contributed by atoms with Crippen molar-refractivity contribution in [2.24, 2.45) is 0 Å². The fourth-order valence-electron chi connectivity index (χ4n) is 1.76. The van der Waals surface area contributed by atoms with Gasteiger partial charge in [0.25, 0.3) is 0 Å². The van der Waals surface area contributed by atoms with E-state index in [0.717, 1.165) is 0 Å². The number of carbonyl (C=O) groups excluding carboxylic acids is 2. The highest BCUT2D eigenvalue weighted by molar-refractivity contribution is 5.84. The first-order valence-corrected chi connectivity index (χ1v) is 5.50. The van der Waals surface area contributed by atoms with Crippen molar-refractivity contribution in [2.45, 2.75) is 25.0 Å². The Morgan fingerprint density at radius 1 is 1.50 bits per heavy atom. The Morgan fingerprint density at radius 2 is 2.17 bits per heavy atom. The molecule has 1 aliphatic heterocycles. The predicted molar refractivity (Wildman–Crippen MR) is 58.8 cm³/mol. The summed E-state index contributed by atoms with van der Waals surface area (Å²) in [7, 11) is 1.24. The molecule has 3 N–H and O–H groups in total. The van der Waals surface area contributed by atoms with Gasteiger partial charge in [0.1, 0.15) is 6.04 Å². The van der Waals surface area contributed by atoms with Crippen LogP contribution in [0.25, 0.3) is 0 Å². The van der Waals surface area contributed by atoms with Crippen LogP contribution in [0.15, 0.2) is 0 Å². The summed E-state index contributed by atoms with van der Waals surface area (Å²) in [4.78, 5) is 34.7. The Hall–Kier alpha value is -1.83. The molecule has 0 bridgehead atoms. The van der Waals surface area contributed by atoms with E-state index in [2.05, 4.69) is 10.1 Å². The number of amides is 2. The number of carbonyl (C=O) groups is 3. The van der Waals surface area contributed by atoms with Crippen molar-refractivity contribution in [3.63, 3.8) is 0 Å². The van der Waals surface area contributed by atoms with Crippen LogP contribution in [-0.4, -0.2) is 65.4 Å². The van der Waals surface area contributed by atoms with Gasteiger partial charge in [0, 0.05) is 6.54 Å². The third-order valence-corrected chi connectivity index (χ3v) is 2.72. The van der Waals surface area contributed by atoms with Crippen molar-refractivity contribution < 1.29 is 29.3 Å². The van der Waals surface area contributed by atoms with Gasteiger partial charge in [-0.25, -0.2) is 14.4 Å². The van der Waals surface area contributed by atoms with Crippen molar-refractivity contribution in [1.82, 2.24) is 10.2 Å². The Balaban J connectivity index is 2.50. The van der Waals surface area contributed by atoms with Gasteiger partial charge in [0.15, 0.2) is 6.10 Å². The molecule has 0 spiro atoms. The zero-order chi connectivity index (χ0) is 13.7. The normalized spacial score (nSPS) is 20.3. The van der Waals surface area contributed by atoms with Gasteiger partial charge in [-0.2, -0.15) is 0 Å². The van der Waals surface area contributed by atoms with Gasteiger partial charge in [-0.05, 0) is 12.8 Å². The van der Waals surface area contributed by atoms with Gasteiger partial charge in [0.2, 0.25) is 0 Å². The summed E-state index contributed by atoms with van der Waals surface area (Å²) >= 11 is 0. The molecule has 0 aliphatic carbocycles. The zero-order valence-electron chi connectivity index (χ0n) is 9.96. The first-order valence-electron chi connectivity index (χ1n) is 5.50. The molecule has 1 rings (SSSR count). The first kappa shape index (κ1) is 14.2. The molecule has 102 valence electrons. The number of hydrogen-bond acceptors (Lipinski definition) is 5. The Labute approximate surface area is 104 Å². The molecule has 2 atom stereocenters. The molecule has 1 heterocycles. The number of hydrogen-bond donors (Lipinski definition) is 3. The summed E-state index contributed by atoms with van der Waals surface area (Å²) in [5, 5.41) is 19.7. The minimum atomic E-state index is -1.66. The highest BCUT2D eigenvalue weighted by atomic mass is 16.5. The number of aliphatic hydroxyl groups is 1. The molecule has 18 heavy (non-hydrogen) atoms. The maximum atomic E-state index is 11.7. The van der Waals surface area contributed by atoms with Crippen LogP contribution < -0.4 is 5.32 Å². The number of ether oxygens (including phenoxy) is 1. The molecular formula is C10H16N2O6. The second-order valence-electron chi connectivity index (χ2n) is 3.91. The number of nitrogens with one attached hydrogen (secondary N) is 1. The number of likely N-dealkylation sites (tertiary alicyclic amines) is 1. The van der Waals surface area contributed by atoms with E-state index in [1.807, 2.05) is 0 Å². The van der Waals surface area contributed by atoms with Crippen LogP contribution in [0.5, 0.6) is 0 Å². The minimum absolute atomic E-state index is 0.398. The number of esters is 1. The predicted octanol–water partition coefficient (Wildman–Crippen LogP) is -1.22. The Morgan fingerprint density at radius 3 is 2.72 bits per heavy atom. The van der Waals surface area contributed by atoms with E-state index in [1.165, 1.54) is 12.0 Å². The zero-order valence-corrected chi connectivity index (χ0v) is 9.96. The monoisotopic (exact) mass is 260 g/mol. The summed E-state index contributed by atoms with van der Waals surface area (Å²) in [6.45, 7) is -0.00662. The van der Waals surface area contributed by atoms with Gasteiger partial charge >= 0.3 is 18.0 Å². The van der Waals surface area contributed by atoms with Crippen molar-refractivity contribution >= 4 is 18.0 Å². The van der Waals surface area contributed by atoms with E-state index < -0.39 is 36.7 Å². The van der Waals surface area contributed by atoms with Crippen molar-refractivity contribution in [2.75, 3.05) is 20.2 Å². The lowest BCUT2D eigenvalue weighted by Crippen LogP contribution is -2.48. The van der Waals surface area contributed by atoms with Crippen LogP contribution in [0.3, 0.4) is 0 Å². The molecule has 1 unspecified atom stereocenters. The van der Waals surface area contributed by atoms with E-state index in [0.29, 0.717) is 19.4 Å². The molecule has 2 amide bonds. The molecule has 8 nitrogen and oxygen atoms in total. The van der Waals surface area contributed by atoms with Crippen LogP contribution in [0.1, 0.15) is 12.8 Å². The molecule has 0 saturated carbocycles. The molecule has 0 aromatic rings. The molecule has 8 heteroatoms. The van der Waals surface area contributed by atoms with Crippen molar-refractivity contribution in [3.05, 3.63) is 0 Å². The fourth-order valence-corrected chi connectivity index (χ4v) is 1.76. The number of carboxylic acid groups (broad SMARTS) is 1. The molecule has 0 aromatic carbocycles. The highest BCUT2D eigenvalue weighted by Crippen LogP contribution is 2.18. The van der Waals surface area contributed by atoms with Crippen LogP contribution in [0.4, 0.5) is 4.79 Å². The third kappa shape index (κ3) is 3.33. The molecular weight excluding hydrogens is 244 g/mol. The first-order chi connectivity index (χ1) is 8.47. The highest BCUT2D eigenvalue weighted by Gasteiger charge is 2.35. The number of carboxylic acids is 1. The second-order valence-corrected chi connectivity index (χ2v) is 3.91. The number of nitrogens with zero attached hydrogens (tertiary/aromatic N) is 1. The molecule has 1 fully saturated rings. The lowest BCUT2D eigenvalue weighted by atomic mass is 10.2. The number of methoxy groups -OCH3 is 1. The lowest BCUT2D eigenvalue weighted by molar-refractivity contribution is -0.147. The SMILES string of the molecule is COC(=O)C1CCCN1C(=O)NC[C@H](O)C(=O)O. The second kappa shape index (κ2) is 6.20. The van der Waals surface area contributed by atoms with E-state index in [4.69, 9.17) is 10.2 Å². The number of urea groups is 1. The maximum Gasteiger partial charge on any atom is 0.334 e. The van der Waals surface area contributed by atoms with Gasteiger partial charge in [-0.1, -0.05) is 0 Å². The summed E-state index contributed by atoms with van der Waals surface area (Å²) in [5.41, 5.74) is 0. The van der Waals surface area contributed by atoms with E-state index >= 15 is 0 Å². The van der Waals surface area contributed by atoms with Crippen LogP contribution >= 0.6 is 0 Å². The quantitative estimate of drug-likeness (QED) is 0.545. The summed E-state index contributed by atoms with van der Waals surface area (Å²) in [5.74, 6) is -1.91. The van der Waals surface area contributed by atoms with Crippen molar-refractivity contribution in [3.8, 4) is 0 Å². The summed E-state index contributed by atoms with van der Waals surface area (Å²) in [6.07, 6.45) is -0.468. The molecule has 0 radical (unpaired) electrons. The molecule has 1 aliphatic rings. The smallest absolute Gasteiger partial charge is 0.334 e. The van der Waals surface area contributed by atoms with Gasteiger partial charge < -0.3 is 25.2 Å². The molecule has 0 aromatic heterocycles. The number of aliphatic hydroxyl groups excluding tert-OH is 1. The average molecular weight is 260 g/mol. The minimum Gasteiger partial charge on any atom is -0.479 e. The third-order valence-electron chi connectivity index (χ3n) is 2.72. The van der Waals surface area contributed by atoms with E-state index in [-0.39, 0.29) is 0 Å². The van der Waals surface area contributed by atoms with Gasteiger partial charge in [-0.3, -0.25) is 0 Å². The van der Waals surface area contributed by atoms with Crippen LogP contribution in [0, 0.1) is 0 Å². The Kier molecular flexibility index (Phi) is 4.90. The summed E-state index contributed by atoms with van der Waals surface area (Å²) < 4.78 is 4.57.